The molecule has 0 radical (unpaired) electrons. The molecule has 1 fully saturated rings. The number of carboxylic acid groups (broad SMARTS) is 1. The van der Waals surface area contributed by atoms with Gasteiger partial charge in [0.1, 0.15) is 5.92 Å². The van der Waals surface area contributed by atoms with E-state index in [1.165, 1.54) is 16.9 Å². The molecule has 2 aliphatic heterocycles. The van der Waals surface area contributed by atoms with E-state index >= 15 is 0 Å². The Morgan fingerprint density at radius 2 is 1.92 bits per heavy atom. The van der Waals surface area contributed by atoms with Crippen LogP contribution >= 0.6 is 11.3 Å². The monoisotopic (exact) mass is 370 g/mol. The zero-order valence-corrected chi connectivity index (χ0v) is 15.1. The molecule has 2 aromatic rings. The first-order valence-corrected chi connectivity index (χ1v) is 9.22. The lowest BCUT2D eigenvalue weighted by molar-refractivity contribution is -0.145. The van der Waals surface area contributed by atoms with E-state index in [0.717, 1.165) is 16.8 Å². The number of rotatable bonds is 4. The van der Waals surface area contributed by atoms with Crippen molar-refractivity contribution in [2.45, 2.75) is 26.1 Å². The van der Waals surface area contributed by atoms with E-state index in [-0.39, 0.29) is 5.91 Å². The van der Waals surface area contributed by atoms with Crippen molar-refractivity contribution in [2.75, 3.05) is 5.32 Å². The lowest BCUT2D eigenvalue weighted by Crippen LogP contribution is -2.39. The maximum Gasteiger partial charge on any atom is 0.310 e. The zero-order chi connectivity index (χ0) is 18.4. The summed E-state index contributed by atoms with van der Waals surface area (Å²) < 4.78 is 5.55. The van der Waals surface area contributed by atoms with Crippen molar-refractivity contribution >= 4 is 28.3 Å². The topological polar surface area (TPSA) is 88.5 Å². The second-order valence-electron chi connectivity index (χ2n) is 6.69. The van der Waals surface area contributed by atoms with Crippen LogP contribution in [-0.2, 0) is 14.3 Å². The number of nitrogens with zero attached hydrogens (tertiary/aromatic N) is 1. The fourth-order valence-corrected chi connectivity index (χ4v) is 4.37. The molecule has 0 saturated carbocycles. The van der Waals surface area contributed by atoms with Gasteiger partial charge in [-0.25, -0.2) is 4.98 Å². The van der Waals surface area contributed by atoms with Gasteiger partial charge in [0.25, 0.3) is 0 Å². The minimum atomic E-state index is -1.02. The van der Waals surface area contributed by atoms with Crippen LogP contribution in [0.5, 0.6) is 0 Å². The van der Waals surface area contributed by atoms with Crippen LogP contribution in [0.4, 0.5) is 5.13 Å². The Balaban J connectivity index is 1.53. The number of aryl methyl sites for hydroxylation is 2. The molecule has 0 aliphatic carbocycles. The van der Waals surface area contributed by atoms with Crippen molar-refractivity contribution in [2.24, 2.45) is 11.8 Å². The summed E-state index contributed by atoms with van der Waals surface area (Å²) in [6.45, 7) is 4.06. The molecule has 1 aromatic heterocycles. The van der Waals surface area contributed by atoms with E-state index in [0.29, 0.717) is 5.13 Å². The summed E-state index contributed by atoms with van der Waals surface area (Å²) in [6, 6.07) is 6.12. The van der Waals surface area contributed by atoms with Crippen LogP contribution in [0, 0.1) is 25.7 Å². The fraction of sp³-hybridized carbons (Fsp3) is 0.316. The number of thiazole rings is 1. The number of hydrogen-bond acceptors (Lipinski definition) is 5. The molecule has 4 unspecified atom stereocenters. The first kappa shape index (κ1) is 16.9. The molecule has 3 heterocycles. The second kappa shape index (κ2) is 6.34. The van der Waals surface area contributed by atoms with Gasteiger partial charge in [-0.2, -0.15) is 0 Å². The number of anilines is 1. The molecule has 1 saturated heterocycles. The normalized spacial score (nSPS) is 26.2. The van der Waals surface area contributed by atoms with Crippen LogP contribution in [-0.4, -0.2) is 34.2 Å². The smallest absolute Gasteiger partial charge is 0.310 e. The standard InChI is InChI=1S/C19H18N2O4S/c1-9-3-4-11(10(2)7-9)12-8-26-19(20-12)21-17(22)15-13-5-6-14(25-13)16(15)18(23)24/h3-8,13-16H,1-2H3,(H,23,24)(H,20,21,22). The van der Waals surface area contributed by atoms with Crippen molar-refractivity contribution in [1.82, 2.24) is 4.98 Å². The van der Waals surface area contributed by atoms with E-state index in [4.69, 9.17) is 4.74 Å². The van der Waals surface area contributed by atoms with Crippen LogP contribution in [0.1, 0.15) is 11.1 Å². The molecular formula is C19H18N2O4S. The van der Waals surface area contributed by atoms with Gasteiger partial charge in [-0.1, -0.05) is 35.9 Å². The number of aliphatic carboxylic acids is 1. The SMILES string of the molecule is Cc1ccc(-c2csc(NC(=O)C3C4C=CC(O4)C3C(=O)O)n2)c(C)c1. The Kier molecular flexibility index (Phi) is 4.13. The highest BCUT2D eigenvalue weighted by Crippen LogP contribution is 2.40. The van der Waals surface area contributed by atoms with E-state index in [9.17, 15) is 14.7 Å². The number of fused-ring (bicyclic) bond motifs is 2. The number of carbonyl (C=O) groups excluding carboxylic acids is 1. The highest BCUT2D eigenvalue weighted by atomic mass is 32.1. The van der Waals surface area contributed by atoms with Crippen molar-refractivity contribution in [3.8, 4) is 11.3 Å². The molecule has 26 heavy (non-hydrogen) atoms. The molecule has 4 rings (SSSR count). The maximum absolute atomic E-state index is 12.7. The van der Waals surface area contributed by atoms with E-state index in [2.05, 4.69) is 16.4 Å². The molecule has 1 amide bonds. The summed E-state index contributed by atoms with van der Waals surface area (Å²) in [5.74, 6) is -2.98. The molecule has 2 bridgehead atoms. The average molecular weight is 370 g/mol. The van der Waals surface area contributed by atoms with Gasteiger partial charge in [0.15, 0.2) is 5.13 Å². The van der Waals surface area contributed by atoms with Crippen molar-refractivity contribution in [3.63, 3.8) is 0 Å². The predicted octanol–water partition coefficient (Wildman–Crippen LogP) is 3.02. The quantitative estimate of drug-likeness (QED) is 0.808. The van der Waals surface area contributed by atoms with Crippen LogP contribution < -0.4 is 5.32 Å². The minimum Gasteiger partial charge on any atom is -0.481 e. The third-order valence-corrected chi connectivity index (χ3v) is 5.64. The van der Waals surface area contributed by atoms with Gasteiger partial charge in [-0.15, -0.1) is 11.3 Å². The molecule has 134 valence electrons. The third kappa shape index (κ3) is 2.83. The Morgan fingerprint density at radius 3 is 2.62 bits per heavy atom. The van der Waals surface area contributed by atoms with Crippen LogP contribution in [0.15, 0.2) is 35.7 Å². The number of amides is 1. The van der Waals surface area contributed by atoms with Gasteiger partial charge in [-0.05, 0) is 19.4 Å². The maximum atomic E-state index is 12.7. The molecule has 7 heteroatoms. The number of carboxylic acids is 1. The number of carbonyl (C=O) groups is 2. The van der Waals surface area contributed by atoms with E-state index < -0.39 is 30.0 Å². The van der Waals surface area contributed by atoms with E-state index in [1.807, 2.05) is 31.4 Å². The predicted molar refractivity (Wildman–Crippen MR) is 98.1 cm³/mol. The largest absolute Gasteiger partial charge is 0.481 e. The Hall–Kier alpha value is -2.51. The highest BCUT2D eigenvalue weighted by molar-refractivity contribution is 7.14. The van der Waals surface area contributed by atoms with Gasteiger partial charge in [0, 0.05) is 10.9 Å². The Bertz CT molecular complexity index is 920. The summed E-state index contributed by atoms with van der Waals surface area (Å²) >= 11 is 1.32. The average Bonchev–Trinajstić information content (AvgIpc) is 3.29. The summed E-state index contributed by atoms with van der Waals surface area (Å²) in [5.41, 5.74) is 4.11. The molecule has 6 nitrogen and oxygen atoms in total. The molecule has 0 spiro atoms. The molecule has 1 aromatic carbocycles. The number of aromatic nitrogens is 1. The summed E-state index contributed by atoms with van der Waals surface area (Å²) in [7, 11) is 0. The Labute approximate surface area is 154 Å². The van der Waals surface area contributed by atoms with Crippen molar-refractivity contribution in [3.05, 3.63) is 46.9 Å². The van der Waals surface area contributed by atoms with Crippen LogP contribution in [0.25, 0.3) is 11.3 Å². The summed E-state index contributed by atoms with van der Waals surface area (Å²) in [4.78, 5) is 28.7. The Morgan fingerprint density at radius 1 is 1.19 bits per heavy atom. The van der Waals surface area contributed by atoms with Crippen LogP contribution in [0.2, 0.25) is 0 Å². The molecule has 2 aliphatic rings. The number of ether oxygens (including phenoxy) is 1. The van der Waals surface area contributed by atoms with Crippen molar-refractivity contribution in [1.29, 1.82) is 0 Å². The minimum absolute atomic E-state index is 0.365. The van der Waals surface area contributed by atoms with Gasteiger partial charge in [0.2, 0.25) is 5.91 Å². The first-order chi connectivity index (χ1) is 12.4. The highest BCUT2D eigenvalue weighted by Gasteiger charge is 2.53. The zero-order valence-electron chi connectivity index (χ0n) is 14.3. The number of hydrogen-bond donors (Lipinski definition) is 2. The number of benzene rings is 1. The lowest BCUT2D eigenvalue weighted by Gasteiger charge is -2.20. The number of nitrogens with one attached hydrogen (secondary N) is 1. The van der Waals surface area contributed by atoms with Gasteiger partial charge in [0.05, 0.1) is 23.8 Å². The fourth-order valence-electron chi connectivity index (χ4n) is 3.66. The third-order valence-electron chi connectivity index (χ3n) is 4.88. The summed E-state index contributed by atoms with van der Waals surface area (Å²) in [5, 5.41) is 14.5. The van der Waals surface area contributed by atoms with E-state index in [1.54, 1.807) is 12.2 Å². The molecule has 4 atom stereocenters. The van der Waals surface area contributed by atoms with Gasteiger partial charge < -0.3 is 15.2 Å². The van der Waals surface area contributed by atoms with Gasteiger partial charge in [-0.3, -0.25) is 9.59 Å². The second-order valence-corrected chi connectivity index (χ2v) is 7.54. The van der Waals surface area contributed by atoms with Crippen molar-refractivity contribution < 1.29 is 19.4 Å². The first-order valence-electron chi connectivity index (χ1n) is 8.34. The van der Waals surface area contributed by atoms with Gasteiger partial charge >= 0.3 is 5.97 Å². The molecular weight excluding hydrogens is 352 g/mol. The lowest BCUT2D eigenvalue weighted by atomic mass is 9.82. The summed E-state index contributed by atoms with van der Waals surface area (Å²) in [6.07, 6.45) is 2.46. The van der Waals surface area contributed by atoms with Crippen LogP contribution in [0.3, 0.4) is 0 Å². The molecule has 2 N–H and O–H groups in total.